The van der Waals surface area contributed by atoms with E-state index in [9.17, 15) is 4.79 Å². The molecule has 1 atom stereocenters. The third-order valence-corrected chi connectivity index (χ3v) is 5.37. The second-order valence-corrected chi connectivity index (χ2v) is 7.31. The Bertz CT molecular complexity index is 1070. The lowest BCUT2D eigenvalue weighted by Crippen LogP contribution is -2.28. The average Bonchev–Trinajstić information content (AvgIpc) is 3.30. The van der Waals surface area contributed by atoms with E-state index in [4.69, 9.17) is 4.42 Å². The standard InChI is InChI=1S/C20H19N5O2S/c1-13(17-11-15-5-3-4-6-16(15)27-17)22-18(26)12-28-20-24-23-19(25(20)2)14-7-9-21-10-8-14/h3-11,13H,12H2,1-2H3,(H,22,26)/t13-/m1/s1. The van der Waals surface area contributed by atoms with Gasteiger partial charge in [-0.15, -0.1) is 10.2 Å². The molecule has 8 heteroatoms. The van der Waals surface area contributed by atoms with Crippen molar-refractivity contribution in [2.75, 3.05) is 5.75 Å². The van der Waals surface area contributed by atoms with E-state index < -0.39 is 0 Å². The molecule has 0 saturated heterocycles. The molecule has 1 N–H and O–H groups in total. The summed E-state index contributed by atoms with van der Waals surface area (Å²) in [7, 11) is 1.88. The maximum atomic E-state index is 12.4. The molecule has 4 rings (SSSR count). The third kappa shape index (κ3) is 3.77. The van der Waals surface area contributed by atoms with Crippen LogP contribution in [0.1, 0.15) is 18.7 Å². The first kappa shape index (κ1) is 18.2. The second-order valence-electron chi connectivity index (χ2n) is 6.37. The number of nitrogens with zero attached hydrogens (tertiary/aromatic N) is 4. The number of carbonyl (C=O) groups excluding carboxylic acids is 1. The summed E-state index contributed by atoms with van der Waals surface area (Å²) >= 11 is 1.34. The predicted octanol–water partition coefficient (Wildman–Crippen LogP) is 3.59. The minimum Gasteiger partial charge on any atom is -0.459 e. The zero-order valence-corrected chi connectivity index (χ0v) is 16.3. The van der Waals surface area contributed by atoms with Gasteiger partial charge in [-0.3, -0.25) is 9.78 Å². The fourth-order valence-electron chi connectivity index (χ4n) is 2.89. The largest absolute Gasteiger partial charge is 0.459 e. The number of carbonyl (C=O) groups is 1. The second kappa shape index (κ2) is 7.85. The number of benzene rings is 1. The molecule has 0 aliphatic heterocycles. The Hall–Kier alpha value is -3.13. The van der Waals surface area contributed by atoms with Gasteiger partial charge >= 0.3 is 0 Å². The SMILES string of the molecule is C[C@@H](NC(=O)CSc1nnc(-c2ccncc2)n1C)c1cc2ccccc2o1. The van der Waals surface area contributed by atoms with Gasteiger partial charge in [-0.2, -0.15) is 0 Å². The van der Waals surface area contributed by atoms with E-state index in [1.165, 1.54) is 11.8 Å². The first-order chi connectivity index (χ1) is 13.6. The van der Waals surface area contributed by atoms with Crippen LogP contribution in [0, 0.1) is 0 Å². The minimum atomic E-state index is -0.215. The van der Waals surface area contributed by atoms with Crippen LogP contribution in [-0.2, 0) is 11.8 Å². The van der Waals surface area contributed by atoms with Crippen LogP contribution in [0.5, 0.6) is 0 Å². The Morgan fingerprint density at radius 3 is 2.79 bits per heavy atom. The van der Waals surface area contributed by atoms with Gasteiger partial charge in [0.1, 0.15) is 11.3 Å². The highest BCUT2D eigenvalue weighted by Gasteiger charge is 2.16. The van der Waals surface area contributed by atoms with Crippen LogP contribution in [0.2, 0.25) is 0 Å². The van der Waals surface area contributed by atoms with Gasteiger partial charge in [0.05, 0.1) is 11.8 Å². The van der Waals surface area contributed by atoms with E-state index in [0.29, 0.717) is 5.16 Å². The lowest BCUT2D eigenvalue weighted by atomic mass is 10.2. The summed E-state index contributed by atoms with van der Waals surface area (Å²) in [4.78, 5) is 16.4. The van der Waals surface area contributed by atoms with Gasteiger partial charge in [0.15, 0.2) is 11.0 Å². The van der Waals surface area contributed by atoms with Crippen LogP contribution in [0.3, 0.4) is 0 Å². The molecule has 0 fully saturated rings. The molecule has 3 heterocycles. The van der Waals surface area contributed by atoms with Crippen LogP contribution < -0.4 is 5.32 Å². The number of aromatic nitrogens is 4. The molecule has 0 saturated carbocycles. The van der Waals surface area contributed by atoms with Gasteiger partial charge in [0, 0.05) is 30.4 Å². The van der Waals surface area contributed by atoms with Crippen molar-refractivity contribution in [2.45, 2.75) is 18.1 Å². The molecule has 28 heavy (non-hydrogen) atoms. The number of amides is 1. The van der Waals surface area contributed by atoms with Crippen LogP contribution in [0.15, 0.2) is 64.4 Å². The fraction of sp³-hybridized carbons (Fsp3) is 0.200. The number of hydrogen-bond donors (Lipinski definition) is 1. The maximum absolute atomic E-state index is 12.4. The van der Waals surface area contributed by atoms with Crippen molar-refractivity contribution >= 4 is 28.6 Å². The Morgan fingerprint density at radius 1 is 1.21 bits per heavy atom. The normalized spacial score (nSPS) is 12.2. The predicted molar refractivity (Wildman–Crippen MR) is 108 cm³/mol. The van der Waals surface area contributed by atoms with Crippen molar-refractivity contribution in [3.63, 3.8) is 0 Å². The summed E-state index contributed by atoms with van der Waals surface area (Å²) in [5.41, 5.74) is 1.75. The first-order valence-electron chi connectivity index (χ1n) is 8.82. The van der Waals surface area contributed by atoms with Crippen molar-refractivity contribution in [1.29, 1.82) is 0 Å². The summed E-state index contributed by atoms with van der Waals surface area (Å²) in [5, 5.41) is 13.1. The number of pyridine rings is 1. The molecule has 0 aliphatic rings. The van der Waals surface area contributed by atoms with Crippen molar-refractivity contribution in [1.82, 2.24) is 25.1 Å². The molecule has 3 aromatic heterocycles. The topological polar surface area (TPSA) is 85.8 Å². The van der Waals surface area contributed by atoms with E-state index in [1.54, 1.807) is 12.4 Å². The maximum Gasteiger partial charge on any atom is 0.231 e. The van der Waals surface area contributed by atoms with Crippen LogP contribution >= 0.6 is 11.8 Å². The molecule has 142 valence electrons. The van der Waals surface area contributed by atoms with E-state index in [1.807, 2.05) is 61.0 Å². The summed E-state index contributed by atoms with van der Waals surface area (Å²) < 4.78 is 7.68. The molecule has 7 nitrogen and oxygen atoms in total. The minimum absolute atomic E-state index is 0.0913. The Morgan fingerprint density at radius 2 is 2.00 bits per heavy atom. The lowest BCUT2D eigenvalue weighted by Gasteiger charge is -2.11. The molecule has 4 aromatic rings. The van der Waals surface area contributed by atoms with Gasteiger partial charge in [-0.25, -0.2) is 0 Å². The number of fused-ring (bicyclic) bond motifs is 1. The Labute approximate surface area is 166 Å². The van der Waals surface area contributed by atoms with Gasteiger partial charge in [-0.1, -0.05) is 30.0 Å². The average molecular weight is 393 g/mol. The van der Waals surface area contributed by atoms with Crippen LogP contribution in [0.4, 0.5) is 0 Å². The highest BCUT2D eigenvalue weighted by molar-refractivity contribution is 7.99. The quantitative estimate of drug-likeness (QED) is 0.504. The zero-order chi connectivity index (χ0) is 19.5. The Kier molecular flexibility index (Phi) is 5.12. The summed E-state index contributed by atoms with van der Waals surface area (Å²) in [6, 6.07) is 13.3. The van der Waals surface area contributed by atoms with Crippen molar-refractivity contribution < 1.29 is 9.21 Å². The molecular weight excluding hydrogens is 374 g/mol. The van der Waals surface area contributed by atoms with Crippen molar-refractivity contribution in [2.24, 2.45) is 7.05 Å². The number of hydrogen-bond acceptors (Lipinski definition) is 6. The highest BCUT2D eigenvalue weighted by Crippen LogP contribution is 2.24. The fourth-order valence-corrected chi connectivity index (χ4v) is 3.62. The van der Waals surface area contributed by atoms with Gasteiger partial charge in [-0.05, 0) is 31.2 Å². The van der Waals surface area contributed by atoms with E-state index in [0.717, 1.165) is 28.1 Å². The molecule has 1 aromatic carbocycles. The van der Waals surface area contributed by atoms with E-state index in [2.05, 4.69) is 20.5 Å². The van der Waals surface area contributed by atoms with Crippen LogP contribution in [-0.4, -0.2) is 31.4 Å². The van der Waals surface area contributed by atoms with Gasteiger partial charge in [0.25, 0.3) is 0 Å². The first-order valence-corrected chi connectivity index (χ1v) is 9.81. The molecule has 0 bridgehead atoms. The zero-order valence-electron chi connectivity index (χ0n) is 15.5. The molecule has 1 amide bonds. The molecule has 0 radical (unpaired) electrons. The van der Waals surface area contributed by atoms with E-state index in [-0.39, 0.29) is 17.7 Å². The Balaban J connectivity index is 1.37. The summed E-state index contributed by atoms with van der Waals surface area (Å²) in [5.74, 6) is 1.62. The van der Waals surface area contributed by atoms with Crippen molar-refractivity contribution in [3.8, 4) is 11.4 Å². The number of nitrogens with one attached hydrogen (secondary N) is 1. The van der Waals surface area contributed by atoms with Gasteiger partial charge < -0.3 is 14.3 Å². The van der Waals surface area contributed by atoms with Gasteiger partial charge in [0.2, 0.25) is 5.91 Å². The molecular formula is C20H19N5O2S. The number of thioether (sulfide) groups is 1. The molecule has 0 aliphatic carbocycles. The van der Waals surface area contributed by atoms with E-state index >= 15 is 0 Å². The highest BCUT2D eigenvalue weighted by atomic mass is 32.2. The molecule has 0 spiro atoms. The smallest absolute Gasteiger partial charge is 0.231 e. The molecule has 0 unspecified atom stereocenters. The summed E-state index contributed by atoms with van der Waals surface area (Å²) in [6.07, 6.45) is 3.42. The number of rotatable bonds is 6. The monoisotopic (exact) mass is 393 g/mol. The lowest BCUT2D eigenvalue weighted by molar-refractivity contribution is -0.119. The van der Waals surface area contributed by atoms with Crippen molar-refractivity contribution in [3.05, 3.63) is 60.6 Å². The number of furan rings is 1. The third-order valence-electron chi connectivity index (χ3n) is 4.35. The summed E-state index contributed by atoms with van der Waals surface area (Å²) in [6.45, 7) is 1.91. The number of para-hydroxylation sites is 1. The van der Waals surface area contributed by atoms with Crippen LogP contribution in [0.25, 0.3) is 22.4 Å².